The highest BCUT2D eigenvalue weighted by atomic mass is 35.5. The second-order valence-electron chi connectivity index (χ2n) is 6.76. The summed E-state index contributed by atoms with van der Waals surface area (Å²) in [6, 6.07) is 1.74. The van der Waals surface area contributed by atoms with Crippen molar-refractivity contribution in [2.45, 2.75) is 6.04 Å². The van der Waals surface area contributed by atoms with E-state index in [1.807, 2.05) is 53.5 Å². The average Bonchev–Trinajstić information content (AvgIpc) is 3.42. The molecule has 0 aliphatic carbocycles. The van der Waals surface area contributed by atoms with Crippen molar-refractivity contribution < 1.29 is 4.74 Å². The van der Waals surface area contributed by atoms with E-state index in [9.17, 15) is 0 Å². The summed E-state index contributed by atoms with van der Waals surface area (Å²) >= 11 is 6.33. The van der Waals surface area contributed by atoms with Crippen LogP contribution in [-0.4, -0.2) is 60.4 Å². The number of pyridine rings is 1. The van der Waals surface area contributed by atoms with E-state index in [4.69, 9.17) is 21.3 Å². The van der Waals surface area contributed by atoms with Crippen LogP contribution in [0.1, 0.15) is 11.9 Å². The van der Waals surface area contributed by atoms with Gasteiger partial charge in [-0.05, 0) is 20.2 Å². The van der Waals surface area contributed by atoms with Gasteiger partial charge in [0, 0.05) is 19.4 Å². The fraction of sp³-hybridized carbons (Fsp3) is 0.263. The number of hydrogen-bond acceptors (Lipinski definition) is 6. The van der Waals surface area contributed by atoms with Crippen molar-refractivity contribution in [3.8, 4) is 23.1 Å². The van der Waals surface area contributed by atoms with Gasteiger partial charge >= 0.3 is 0 Å². The molecule has 0 aliphatic heterocycles. The second-order valence-corrected chi connectivity index (χ2v) is 7.17. The monoisotopic (exact) mass is 412 g/mol. The fourth-order valence-corrected chi connectivity index (χ4v) is 3.62. The van der Waals surface area contributed by atoms with Gasteiger partial charge in [0.25, 0.3) is 0 Å². The number of nitrogens with zero attached hydrogens (tertiary/aromatic N) is 7. The molecule has 0 saturated carbocycles. The molecule has 0 saturated heterocycles. The molecule has 0 unspecified atom stereocenters. The quantitative estimate of drug-likeness (QED) is 0.489. The normalized spacial score (nSPS) is 12.6. The molecule has 0 aliphatic rings. The first-order valence-electron chi connectivity index (χ1n) is 8.89. The minimum atomic E-state index is -0.0877. The van der Waals surface area contributed by atoms with Gasteiger partial charge in [0.1, 0.15) is 27.7 Å². The molecule has 1 atom stereocenters. The van der Waals surface area contributed by atoms with E-state index in [1.165, 1.54) is 0 Å². The van der Waals surface area contributed by atoms with Crippen molar-refractivity contribution >= 4 is 22.6 Å². The standard InChI is InChI=1S/C19H21ClN8O/c1-6-12(26(2)3)17-23-18(25-24-17)16-15(28-8-7-21-10-28)14-13(27(16)4)9-11(20)19(22-14)29-5/h6-10,12H,1H2,2-5H3,(H,23,24,25)/t12-/m1/s1. The molecule has 0 aromatic carbocycles. The lowest BCUT2D eigenvalue weighted by molar-refractivity contribution is 0.340. The highest BCUT2D eigenvalue weighted by Gasteiger charge is 2.25. The van der Waals surface area contributed by atoms with Gasteiger partial charge in [-0.1, -0.05) is 17.7 Å². The molecule has 4 heterocycles. The van der Waals surface area contributed by atoms with E-state index in [0.717, 1.165) is 16.9 Å². The van der Waals surface area contributed by atoms with Gasteiger partial charge in [-0.15, -0.1) is 6.58 Å². The highest BCUT2D eigenvalue weighted by Crippen LogP contribution is 2.37. The van der Waals surface area contributed by atoms with E-state index >= 15 is 0 Å². The van der Waals surface area contributed by atoms with Crippen molar-refractivity contribution in [2.75, 3.05) is 21.2 Å². The third kappa shape index (κ3) is 3.08. The van der Waals surface area contributed by atoms with Crippen LogP contribution in [0.25, 0.3) is 28.2 Å². The number of hydrogen-bond donors (Lipinski definition) is 1. The van der Waals surface area contributed by atoms with E-state index in [-0.39, 0.29) is 6.04 Å². The van der Waals surface area contributed by atoms with E-state index in [0.29, 0.717) is 28.1 Å². The predicted molar refractivity (Wildman–Crippen MR) is 111 cm³/mol. The number of fused-ring (bicyclic) bond motifs is 1. The van der Waals surface area contributed by atoms with Crippen LogP contribution in [0, 0.1) is 0 Å². The van der Waals surface area contributed by atoms with Crippen molar-refractivity contribution in [1.29, 1.82) is 0 Å². The summed E-state index contributed by atoms with van der Waals surface area (Å²) in [6.07, 6.45) is 7.08. The third-order valence-electron chi connectivity index (χ3n) is 4.80. The minimum Gasteiger partial charge on any atom is -0.480 e. The van der Waals surface area contributed by atoms with Crippen LogP contribution in [0.4, 0.5) is 0 Å². The van der Waals surface area contributed by atoms with E-state index in [1.54, 1.807) is 19.6 Å². The number of aromatic nitrogens is 7. The van der Waals surface area contributed by atoms with Gasteiger partial charge in [-0.3, -0.25) is 10.00 Å². The van der Waals surface area contributed by atoms with Gasteiger partial charge in [0.15, 0.2) is 5.82 Å². The van der Waals surface area contributed by atoms with Crippen molar-refractivity contribution in [1.82, 2.24) is 39.2 Å². The number of aromatic amines is 1. The predicted octanol–water partition coefficient (Wildman–Crippen LogP) is 2.99. The van der Waals surface area contributed by atoms with Crippen LogP contribution in [0.2, 0.25) is 5.02 Å². The topological polar surface area (TPSA) is 89.7 Å². The van der Waals surface area contributed by atoms with Crippen molar-refractivity contribution in [2.24, 2.45) is 7.05 Å². The fourth-order valence-electron chi connectivity index (χ4n) is 3.40. The number of likely N-dealkylation sites (N-methyl/N-ethyl adjacent to an activating group) is 1. The number of nitrogens with one attached hydrogen (secondary N) is 1. The van der Waals surface area contributed by atoms with Crippen LogP contribution in [0.15, 0.2) is 37.4 Å². The van der Waals surface area contributed by atoms with Crippen LogP contribution < -0.4 is 4.74 Å². The Kier molecular flexibility index (Phi) is 4.85. The number of methoxy groups -OCH3 is 1. The van der Waals surface area contributed by atoms with Gasteiger partial charge in [-0.2, -0.15) is 5.10 Å². The molecule has 4 aromatic heterocycles. The zero-order valence-electron chi connectivity index (χ0n) is 16.6. The largest absolute Gasteiger partial charge is 0.480 e. The van der Waals surface area contributed by atoms with E-state index in [2.05, 4.69) is 26.7 Å². The molecule has 0 bridgehead atoms. The maximum Gasteiger partial charge on any atom is 0.233 e. The summed E-state index contributed by atoms with van der Waals surface area (Å²) in [6.45, 7) is 3.89. The molecule has 29 heavy (non-hydrogen) atoms. The van der Waals surface area contributed by atoms with Gasteiger partial charge in [0.2, 0.25) is 5.88 Å². The Hall–Kier alpha value is -3.17. The number of aryl methyl sites for hydroxylation is 1. The molecule has 9 nitrogen and oxygen atoms in total. The Morgan fingerprint density at radius 1 is 1.34 bits per heavy atom. The maximum atomic E-state index is 6.33. The number of halogens is 1. The molecule has 0 spiro atoms. The average molecular weight is 413 g/mol. The summed E-state index contributed by atoms with van der Waals surface area (Å²) in [5.74, 6) is 1.59. The Morgan fingerprint density at radius 2 is 2.14 bits per heavy atom. The molecule has 0 fully saturated rings. The molecular formula is C19H21ClN8O. The summed E-state index contributed by atoms with van der Waals surface area (Å²) in [4.78, 5) is 15.5. The second kappa shape index (κ2) is 7.34. The molecular weight excluding hydrogens is 392 g/mol. The molecule has 0 radical (unpaired) electrons. The summed E-state index contributed by atoms with van der Waals surface area (Å²) < 4.78 is 9.17. The third-order valence-corrected chi connectivity index (χ3v) is 5.07. The molecule has 150 valence electrons. The van der Waals surface area contributed by atoms with Crippen LogP contribution in [0.3, 0.4) is 0 Å². The lowest BCUT2D eigenvalue weighted by atomic mass is 10.2. The highest BCUT2D eigenvalue weighted by molar-refractivity contribution is 6.32. The first-order chi connectivity index (χ1) is 14.0. The number of rotatable bonds is 6. The van der Waals surface area contributed by atoms with Crippen LogP contribution >= 0.6 is 11.6 Å². The zero-order valence-corrected chi connectivity index (χ0v) is 17.3. The first kappa shape index (κ1) is 19.2. The smallest absolute Gasteiger partial charge is 0.233 e. The van der Waals surface area contributed by atoms with Crippen molar-refractivity contribution in [3.05, 3.63) is 48.3 Å². The van der Waals surface area contributed by atoms with Gasteiger partial charge < -0.3 is 13.9 Å². The molecule has 4 rings (SSSR count). The minimum absolute atomic E-state index is 0.0877. The van der Waals surface area contributed by atoms with Crippen molar-refractivity contribution in [3.63, 3.8) is 0 Å². The lowest BCUT2D eigenvalue weighted by Gasteiger charge is -2.17. The molecule has 1 N–H and O–H groups in total. The maximum absolute atomic E-state index is 6.33. The van der Waals surface area contributed by atoms with Gasteiger partial charge in [-0.25, -0.2) is 15.0 Å². The van der Waals surface area contributed by atoms with E-state index < -0.39 is 0 Å². The van der Waals surface area contributed by atoms with Crippen LogP contribution in [0.5, 0.6) is 5.88 Å². The Morgan fingerprint density at radius 3 is 2.76 bits per heavy atom. The Labute approximate surface area is 172 Å². The Balaban J connectivity index is 2.00. The summed E-state index contributed by atoms with van der Waals surface area (Å²) in [5.41, 5.74) is 3.11. The summed E-state index contributed by atoms with van der Waals surface area (Å²) in [7, 11) is 7.38. The zero-order chi connectivity index (χ0) is 20.7. The van der Waals surface area contributed by atoms with Gasteiger partial charge in [0.05, 0.1) is 25.0 Å². The lowest BCUT2D eigenvalue weighted by Crippen LogP contribution is -2.18. The first-order valence-corrected chi connectivity index (χ1v) is 9.27. The number of H-pyrrole nitrogens is 1. The molecule has 10 heteroatoms. The molecule has 0 amide bonds. The SMILES string of the molecule is C=C[C@H](c1nc(-c2c(-n3ccnc3)c3nc(OC)c(Cl)cc3n2C)n[nH]1)N(C)C. The number of imidazole rings is 1. The Bertz CT molecular complexity index is 1170. The molecule has 4 aromatic rings. The summed E-state index contributed by atoms with van der Waals surface area (Å²) in [5, 5.41) is 7.93. The van der Waals surface area contributed by atoms with Crippen LogP contribution in [-0.2, 0) is 7.05 Å². The number of ether oxygens (including phenoxy) is 1.